The molecule has 0 N–H and O–H groups in total. The lowest BCUT2D eigenvalue weighted by Crippen LogP contribution is -2.26. The molecule has 1 aliphatic rings. The molecule has 1 unspecified atom stereocenters. The number of Topliss-reactive ketones (excluding diaryl/α,β-unsaturated/α-hetero) is 1. The predicted octanol–water partition coefficient (Wildman–Crippen LogP) is 2.99. The molecule has 0 spiro atoms. The van der Waals surface area contributed by atoms with Crippen molar-refractivity contribution in [3.05, 3.63) is 42.5 Å². The third kappa shape index (κ3) is 2.09. The van der Waals surface area contributed by atoms with Crippen molar-refractivity contribution in [3.8, 4) is 5.75 Å². The summed E-state index contributed by atoms with van der Waals surface area (Å²) in [5, 5.41) is 0. The molecule has 0 saturated carbocycles. The summed E-state index contributed by atoms with van der Waals surface area (Å²) in [4.78, 5) is 11.8. The van der Waals surface area contributed by atoms with Gasteiger partial charge < -0.3 is 4.74 Å². The van der Waals surface area contributed by atoms with Crippen LogP contribution in [-0.4, -0.2) is 11.9 Å². The number of carbonyl (C=O) groups is 1. The van der Waals surface area contributed by atoms with Crippen molar-refractivity contribution in [1.29, 1.82) is 0 Å². The Balaban J connectivity index is 2.15. The highest BCUT2D eigenvalue weighted by Gasteiger charge is 2.25. The van der Waals surface area contributed by atoms with Gasteiger partial charge in [0.1, 0.15) is 11.9 Å². The largest absolute Gasteiger partial charge is 0.489 e. The van der Waals surface area contributed by atoms with Gasteiger partial charge in [0.25, 0.3) is 0 Å². The Morgan fingerprint density at radius 3 is 3.07 bits per heavy atom. The zero-order chi connectivity index (χ0) is 10.7. The van der Waals surface area contributed by atoms with Crippen LogP contribution in [0.4, 0.5) is 0 Å². The second-order valence-corrected chi connectivity index (χ2v) is 3.73. The fourth-order valence-corrected chi connectivity index (χ4v) is 1.80. The van der Waals surface area contributed by atoms with Crippen LogP contribution in [0.1, 0.15) is 29.6 Å². The average molecular weight is 202 g/mol. The average Bonchev–Trinajstić information content (AvgIpc) is 2.26. The first-order valence-corrected chi connectivity index (χ1v) is 5.21. The third-order valence-corrected chi connectivity index (χ3v) is 2.59. The Morgan fingerprint density at radius 1 is 1.47 bits per heavy atom. The molecular weight excluding hydrogens is 188 g/mol. The van der Waals surface area contributed by atoms with Gasteiger partial charge in [-0.15, -0.1) is 6.58 Å². The van der Waals surface area contributed by atoms with Crippen molar-refractivity contribution in [2.24, 2.45) is 0 Å². The minimum Gasteiger partial charge on any atom is -0.489 e. The monoisotopic (exact) mass is 202 g/mol. The standard InChI is InChI=1S/C13H14O2/c1-2-3-6-10-9-12(14)11-7-4-5-8-13(11)15-10/h2,4-5,7-8,10H,1,3,6,9H2. The Hall–Kier alpha value is -1.57. The zero-order valence-electron chi connectivity index (χ0n) is 8.61. The Kier molecular flexibility index (Phi) is 2.86. The van der Waals surface area contributed by atoms with Crippen LogP contribution in [0.2, 0.25) is 0 Å². The number of allylic oxidation sites excluding steroid dienone is 1. The molecule has 2 nitrogen and oxygen atoms in total. The number of hydrogen-bond acceptors (Lipinski definition) is 2. The van der Waals surface area contributed by atoms with Gasteiger partial charge in [-0.25, -0.2) is 0 Å². The molecule has 1 aromatic rings. The summed E-state index contributed by atoms with van der Waals surface area (Å²) in [6.45, 7) is 3.67. The van der Waals surface area contributed by atoms with E-state index in [4.69, 9.17) is 4.74 Å². The van der Waals surface area contributed by atoms with Gasteiger partial charge in [0.05, 0.1) is 5.56 Å². The van der Waals surface area contributed by atoms with E-state index < -0.39 is 0 Å². The number of ketones is 1. The molecule has 0 fully saturated rings. The van der Waals surface area contributed by atoms with E-state index in [0.29, 0.717) is 12.0 Å². The van der Waals surface area contributed by atoms with Gasteiger partial charge in [-0.05, 0) is 25.0 Å². The lowest BCUT2D eigenvalue weighted by atomic mass is 9.98. The fraction of sp³-hybridized carbons (Fsp3) is 0.308. The molecule has 0 bridgehead atoms. The van der Waals surface area contributed by atoms with Crippen molar-refractivity contribution in [1.82, 2.24) is 0 Å². The Bertz CT molecular complexity index is 382. The first-order valence-electron chi connectivity index (χ1n) is 5.21. The highest BCUT2D eigenvalue weighted by molar-refractivity contribution is 5.99. The second-order valence-electron chi connectivity index (χ2n) is 3.73. The van der Waals surface area contributed by atoms with E-state index in [2.05, 4.69) is 6.58 Å². The Morgan fingerprint density at radius 2 is 2.27 bits per heavy atom. The maximum absolute atomic E-state index is 11.8. The smallest absolute Gasteiger partial charge is 0.170 e. The first-order chi connectivity index (χ1) is 7.31. The van der Waals surface area contributed by atoms with E-state index in [9.17, 15) is 4.79 Å². The summed E-state index contributed by atoms with van der Waals surface area (Å²) >= 11 is 0. The summed E-state index contributed by atoms with van der Waals surface area (Å²) in [6, 6.07) is 7.43. The van der Waals surface area contributed by atoms with Crippen LogP contribution in [0.3, 0.4) is 0 Å². The van der Waals surface area contributed by atoms with Crippen LogP contribution >= 0.6 is 0 Å². The third-order valence-electron chi connectivity index (χ3n) is 2.59. The molecule has 2 rings (SSSR count). The quantitative estimate of drug-likeness (QED) is 0.704. The minimum atomic E-state index is 0.0189. The predicted molar refractivity (Wildman–Crippen MR) is 59.2 cm³/mol. The van der Waals surface area contributed by atoms with Gasteiger partial charge >= 0.3 is 0 Å². The van der Waals surface area contributed by atoms with Gasteiger partial charge in [-0.2, -0.15) is 0 Å². The molecule has 2 heteroatoms. The number of hydrogen-bond donors (Lipinski definition) is 0. The molecule has 78 valence electrons. The van der Waals surface area contributed by atoms with Crippen molar-refractivity contribution in [2.75, 3.05) is 0 Å². The molecular formula is C13H14O2. The van der Waals surface area contributed by atoms with E-state index in [1.54, 1.807) is 0 Å². The summed E-state index contributed by atoms with van der Waals surface area (Å²) < 4.78 is 5.74. The van der Waals surface area contributed by atoms with E-state index >= 15 is 0 Å². The van der Waals surface area contributed by atoms with Crippen molar-refractivity contribution in [3.63, 3.8) is 0 Å². The van der Waals surface area contributed by atoms with Crippen molar-refractivity contribution < 1.29 is 9.53 Å². The molecule has 0 radical (unpaired) electrons. The van der Waals surface area contributed by atoms with Crippen LogP contribution < -0.4 is 4.74 Å². The lowest BCUT2D eigenvalue weighted by molar-refractivity contribution is 0.0840. The molecule has 0 saturated heterocycles. The molecule has 15 heavy (non-hydrogen) atoms. The maximum Gasteiger partial charge on any atom is 0.170 e. The molecule has 1 aromatic carbocycles. The van der Waals surface area contributed by atoms with Crippen LogP contribution in [0.5, 0.6) is 5.75 Å². The lowest BCUT2D eigenvalue weighted by Gasteiger charge is -2.24. The number of rotatable bonds is 3. The first kappa shape index (κ1) is 9.97. The zero-order valence-corrected chi connectivity index (χ0v) is 8.61. The summed E-state index contributed by atoms with van der Waals surface area (Å²) in [5.74, 6) is 0.911. The van der Waals surface area contributed by atoms with E-state index in [0.717, 1.165) is 18.6 Å². The number of para-hydroxylation sites is 1. The highest BCUT2D eigenvalue weighted by atomic mass is 16.5. The SMILES string of the molecule is C=CCCC1CC(=O)c2ccccc2O1. The molecule has 1 heterocycles. The minimum absolute atomic E-state index is 0.0189. The topological polar surface area (TPSA) is 26.3 Å². The van der Waals surface area contributed by atoms with Gasteiger partial charge in [-0.3, -0.25) is 4.79 Å². The summed E-state index contributed by atoms with van der Waals surface area (Å²) in [7, 11) is 0. The maximum atomic E-state index is 11.8. The van der Waals surface area contributed by atoms with Gasteiger partial charge in [0.2, 0.25) is 0 Å². The summed E-state index contributed by atoms with van der Waals surface area (Å²) in [6.07, 6.45) is 4.12. The summed E-state index contributed by atoms with van der Waals surface area (Å²) in [5.41, 5.74) is 0.715. The Labute approximate surface area is 89.6 Å². The molecule has 1 atom stereocenters. The van der Waals surface area contributed by atoms with E-state index in [1.165, 1.54) is 0 Å². The molecule has 0 amide bonds. The highest BCUT2D eigenvalue weighted by Crippen LogP contribution is 2.28. The van der Waals surface area contributed by atoms with Crippen LogP contribution in [0.15, 0.2) is 36.9 Å². The number of ether oxygens (including phenoxy) is 1. The number of carbonyl (C=O) groups excluding carboxylic acids is 1. The van der Waals surface area contributed by atoms with Crippen molar-refractivity contribution >= 4 is 5.78 Å². The molecule has 0 aromatic heterocycles. The molecule has 1 aliphatic heterocycles. The van der Waals surface area contributed by atoms with Crippen LogP contribution in [-0.2, 0) is 0 Å². The van der Waals surface area contributed by atoms with E-state index in [1.807, 2.05) is 30.3 Å². The van der Waals surface area contributed by atoms with E-state index in [-0.39, 0.29) is 11.9 Å². The van der Waals surface area contributed by atoms with Crippen LogP contribution in [0, 0.1) is 0 Å². The van der Waals surface area contributed by atoms with Gasteiger partial charge in [0.15, 0.2) is 5.78 Å². The fourth-order valence-electron chi connectivity index (χ4n) is 1.80. The number of fused-ring (bicyclic) bond motifs is 1. The van der Waals surface area contributed by atoms with Crippen LogP contribution in [0.25, 0.3) is 0 Å². The van der Waals surface area contributed by atoms with Crippen molar-refractivity contribution in [2.45, 2.75) is 25.4 Å². The molecule has 0 aliphatic carbocycles. The number of benzene rings is 1. The second kappa shape index (κ2) is 4.30. The van der Waals surface area contributed by atoms with Gasteiger partial charge in [0, 0.05) is 6.42 Å². The normalized spacial score (nSPS) is 19.2. The van der Waals surface area contributed by atoms with Gasteiger partial charge in [-0.1, -0.05) is 18.2 Å².